The molecule has 7 heteroatoms. The number of aryl methyl sites for hydroxylation is 1. The number of rotatable bonds is 4. The molecule has 2 rings (SSSR count). The Morgan fingerprint density at radius 1 is 1.40 bits per heavy atom. The van der Waals surface area contributed by atoms with E-state index in [9.17, 15) is 10.1 Å². The van der Waals surface area contributed by atoms with E-state index in [1.807, 2.05) is 0 Å². The predicted molar refractivity (Wildman–Crippen MR) is 76.9 cm³/mol. The third kappa shape index (κ3) is 2.80. The SMILES string of the molecule is COc1ccc(Cl)c(Nc2c(C)ccnc2[N+](=O)[O-])c1. The van der Waals surface area contributed by atoms with E-state index >= 15 is 0 Å². The number of methoxy groups -OCH3 is 1. The molecule has 0 aliphatic carbocycles. The highest BCUT2D eigenvalue weighted by Crippen LogP contribution is 2.33. The van der Waals surface area contributed by atoms with Crippen molar-refractivity contribution in [2.75, 3.05) is 12.4 Å². The molecule has 0 aliphatic heterocycles. The number of hydrogen-bond acceptors (Lipinski definition) is 5. The minimum Gasteiger partial charge on any atom is -0.497 e. The first-order valence-corrected chi connectivity index (χ1v) is 6.11. The minimum atomic E-state index is -0.538. The average Bonchev–Trinajstić information content (AvgIpc) is 2.43. The second kappa shape index (κ2) is 5.75. The number of ether oxygens (including phenoxy) is 1. The summed E-state index contributed by atoms with van der Waals surface area (Å²) in [5.74, 6) is 0.352. The van der Waals surface area contributed by atoms with Gasteiger partial charge in [-0.2, -0.15) is 0 Å². The molecule has 6 nitrogen and oxygen atoms in total. The van der Waals surface area contributed by atoms with E-state index in [0.29, 0.717) is 27.7 Å². The van der Waals surface area contributed by atoms with Crippen LogP contribution in [0.1, 0.15) is 5.56 Å². The first kappa shape index (κ1) is 14.1. The molecule has 0 amide bonds. The molecule has 0 bridgehead atoms. The van der Waals surface area contributed by atoms with Crippen molar-refractivity contribution in [2.45, 2.75) is 6.92 Å². The van der Waals surface area contributed by atoms with Crippen LogP contribution in [0.5, 0.6) is 5.75 Å². The number of hydrogen-bond donors (Lipinski definition) is 1. The third-order valence-electron chi connectivity index (χ3n) is 2.75. The molecule has 0 aliphatic rings. The first-order valence-electron chi connectivity index (χ1n) is 5.73. The molecule has 0 saturated heterocycles. The molecule has 0 spiro atoms. The van der Waals surface area contributed by atoms with Gasteiger partial charge in [0.15, 0.2) is 0 Å². The number of halogens is 1. The standard InChI is InChI=1S/C13H12ClN3O3/c1-8-5-6-15-13(17(18)19)12(8)16-11-7-9(20-2)3-4-10(11)14/h3-7,16H,1-2H3. The van der Waals surface area contributed by atoms with Crippen molar-refractivity contribution in [1.29, 1.82) is 0 Å². The topological polar surface area (TPSA) is 77.3 Å². The van der Waals surface area contributed by atoms with Crippen molar-refractivity contribution < 1.29 is 9.66 Å². The Bertz CT molecular complexity index is 661. The molecule has 0 atom stereocenters. The zero-order valence-corrected chi connectivity index (χ0v) is 11.6. The summed E-state index contributed by atoms with van der Waals surface area (Å²) in [7, 11) is 1.53. The Morgan fingerprint density at radius 2 is 2.15 bits per heavy atom. The zero-order valence-electron chi connectivity index (χ0n) is 10.9. The predicted octanol–water partition coefficient (Wildman–Crippen LogP) is 3.70. The molecule has 20 heavy (non-hydrogen) atoms. The monoisotopic (exact) mass is 293 g/mol. The molecule has 0 fully saturated rings. The van der Waals surface area contributed by atoms with Crippen molar-refractivity contribution in [3.8, 4) is 5.75 Å². The highest BCUT2D eigenvalue weighted by molar-refractivity contribution is 6.33. The maximum Gasteiger partial charge on any atom is 0.387 e. The van der Waals surface area contributed by atoms with Crippen LogP contribution in [0, 0.1) is 17.0 Å². The van der Waals surface area contributed by atoms with Crippen LogP contribution in [-0.2, 0) is 0 Å². The van der Waals surface area contributed by atoms with Gasteiger partial charge in [-0.25, -0.2) is 0 Å². The van der Waals surface area contributed by atoms with E-state index in [0.717, 1.165) is 0 Å². The van der Waals surface area contributed by atoms with E-state index < -0.39 is 4.92 Å². The van der Waals surface area contributed by atoms with Crippen molar-refractivity contribution in [2.24, 2.45) is 0 Å². The molecule has 0 radical (unpaired) electrons. The first-order chi connectivity index (χ1) is 9.52. The van der Waals surface area contributed by atoms with Crippen molar-refractivity contribution >= 4 is 28.8 Å². The van der Waals surface area contributed by atoms with Crippen LogP contribution in [0.25, 0.3) is 0 Å². The van der Waals surface area contributed by atoms with Gasteiger partial charge in [0.1, 0.15) is 17.6 Å². The number of nitro groups is 1. The van der Waals surface area contributed by atoms with E-state index in [4.69, 9.17) is 16.3 Å². The molecule has 0 unspecified atom stereocenters. The third-order valence-corrected chi connectivity index (χ3v) is 3.08. The van der Waals surface area contributed by atoms with Crippen molar-refractivity contribution in [3.05, 3.63) is 51.2 Å². The largest absolute Gasteiger partial charge is 0.497 e. The van der Waals surface area contributed by atoms with Gasteiger partial charge in [0.05, 0.1) is 17.8 Å². The lowest BCUT2D eigenvalue weighted by molar-refractivity contribution is -0.388. The molecule has 0 saturated carbocycles. The van der Waals surface area contributed by atoms with Gasteiger partial charge < -0.3 is 20.2 Å². The van der Waals surface area contributed by atoms with Gasteiger partial charge in [0.2, 0.25) is 0 Å². The van der Waals surface area contributed by atoms with Crippen LogP contribution in [0.15, 0.2) is 30.5 Å². The van der Waals surface area contributed by atoms with E-state index in [1.165, 1.54) is 13.3 Å². The number of aromatic nitrogens is 1. The highest BCUT2D eigenvalue weighted by atomic mass is 35.5. The Morgan fingerprint density at radius 3 is 2.80 bits per heavy atom. The molecule has 2 aromatic rings. The number of nitrogens with zero attached hydrogens (tertiary/aromatic N) is 2. The van der Waals surface area contributed by atoms with Crippen molar-refractivity contribution in [3.63, 3.8) is 0 Å². The summed E-state index contributed by atoms with van der Waals surface area (Å²) in [6, 6.07) is 6.71. The summed E-state index contributed by atoms with van der Waals surface area (Å²) in [5.41, 5.74) is 1.53. The minimum absolute atomic E-state index is 0.246. The smallest absolute Gasteiger partial charge is 0.387 e. The molecule has 1 aromatic heterocycles. The van der Waals surface area contributed by atoms with Crippen LogP contribution >= 0.6 is 11.6 Å². The second-order valence-electron chi connectivity index (χ2n) is 4.05. The fraction of sp³-hybridized carbons (Fsp3) is 0.154. The van der Waals surface area contributed by atoms with Crippen LogP contribution in [0.4, 0.5) is 17.2 Å². The number of nitrogens with one attached hydrogen (secondary N) is 1. The highest BCUT2D eigenvalue weighted by Gasteiger charge is 2.18. The van der Waals surface area contributed by atoms with Gasteiger partial charge in [-0.05, 0) is 40.6 Å². The fourth-order valence-electron chi connectivity index (χ4n) is 1.70. The number of pyridine rings is 1. The average molecular weight is 294 g/mol. The normalized spacial score (nSPS) is 10.2. The van der Waals surface area contributed by atoms with Gasteiger partial charge >= 0.3 is 5.82 Å². The molecule has 1 N–H and O–H groups in total. The molecule has 1 aromatic carbocycles. The Hall–Kier alpha value is -2.34. The summed E-state index contributed by atoms with van der Waals surface area (Å²) in [4.78, 5) is 14.3. The fourth-order valence-corrected chi connectivity index (χ4v) is 1.86. The van der Waals surface area contributed by atoms with E-state index in [-0.39, 0.29) is 5.82 Å². The molecular weight excluding hydrogens is 282 g/mol. The van der Waals surface area contributed by atoms with Gasteiger partial charge in [-0.15, -0.1) is 0 Å². The van der Waals surface area contributed by atoms with Crippen molar-refractivity contribution in [1.82, 2.24) is 4.98 Å². The Labute approximate surface area is 120 Å². The summed E-state index contributed by atoms with van der Waals surface area (Å²) in [6.45, 7) is 1.76. The number of anilines is 2. The summed E-state index contributed by atoms with van der Waals surface area (Å²) < 4.78 is 5.11. The molecular formula is C13H12ClN3O3. The van der Waals surface area contributed by atoms with Gasteiger partial charge in [-0.3, -0.25) is 0 Å². The summed E-state index contributed by atoms with van der Waals surface area (Å²) in [6.07, 6.45) is 1.39. The Balaban J connectivity index is 2.47. The quantitative estimate of drug-likeness (QED) is 0.687. The van der Waals surface area contributed by atoms with Crippen LogP contribution < -0.4 is 10.1 Å². The van der Waals surface area contributed by atoms with Crippen LogP contribution in [-0.4, -0.2) is 17.0 Å². The maximum absolute atomic E-state index is 11.0. The van der Waals surface area contributed by atoms with E-state index in [1.54, 1.807) is 31.2 Å². The Kier molecular flexibility index (Phi) is 4.05. The maximum atomic E-state index is 11.0. The zero-order chi connectivity index (χ0) is 14.7. The van der Waals surface area contributed by atoms with Gasteiger partial charge in [0.25, 0.3) is 0 Å². The lowest BCUT2D eigenvalue weighted by Gasteiger charge is -2.11. The van der Waals surface area contributed by atoms with Crippen LogP contribution in [0.2, 0.25) is 5.02 Å². The molecule has 104 valence electrons. The van der Waals surface area contributed by atoms with Gasteiger partial charge in [-0.1, -0.05) is 11.6 Å². The van der Waals surface area contributed by atoms with Gasteiger partial charge in [0, 0.05) is 6.07 Å². The second-order valence-corrected chi connectivity index (χ2v) is 4.46. The van der Waals surface area contributed by atoms with Crippen LogP contribution in [0.3, 0.4) is 0 Å². The lowest BCUT2D eigenvalue weighted by atomic mass is 10.2. The summed E-state index contributed by atoms with van der Waals surface area (Å²) in [5, 5.41) is 14.4. The molecule has 1 heterocycles. The summed E-state index contributed by atoms with van der Waals surface area (Å²) >= 11 is 6.08. The van der Waals surface area contributed by atoms with E-state index in [2.05, 4.69) is 10.3 Å². The lowest BCUT2D eigenvalue weighted by Crippen LogP contribution is -2.02. The number of benzene rings is 1.